The highest BCUT2D eigenvalue weighted by molar-refractivity contribution is 6.39. The van der Waals surface area contributed by atoms with E-state index >= 15 is 0 Å². The molecule has 1 fully saturated rings. The summed E-state index contributed by atoms with van der Waals surface area (Å²) in [6.45, 7) is 2.21. The van der Waals surface area contributed by atoms with Crippen LogP contribution in [0.5, 0.6) is 5.88 Å². The number of anilines is 1. The van der Waals surface area contributed by atoms with Crippen molar-refractivity contribution in [3.63, 3.8) is 0 Å². The Balaban J connectivity index is 1.41. The number of ketones is 1. The molecule has 0 aliphatic carbocycles. The molecule has 0 radical (unpaired) electrons. The average molecular weight is 651 g/mol. The molecular formula is C32H29Cl2N5O6. The quantitative estimate of drug-likeness (QED) is 0.229. The maximum atomic E-state index is 12.9. The van der Waals surface area contributed by atoms with Crippen LogP contribution < -0.4 is 15.6 Å². The van der Waals surface area contributed by atoms with Crippen molar-refractivity contribution in [2.45, 2.75) is 32.4 Å². The fourth-order valence-electron chi connectivity index (χ4n) is 4.98. The second kappa shape index (κ2) is 13.5. The Morgan fingerprint density at radius 2 is 1.73 bits per heavy atom. The lowest BCUT2D eigenvalue weighted by atomic mass is 10.00. The average Bonchev–Trinajstić information content (AvgIpc) is 3.40. The minimum atomic E-state index is -0.779. The molecule has 1 aliphatic heterocycles. The van der Waals surface area contributed by atoms with Crippen LogP contribution in [0.2, 0.25) is 10.0 Å². The first-order chi connectivity index (χ1) is 21.6. The van der Waals surface area contributed by atoms with Gasteiger partial charge in [-0.05, 0) is 30.7 Å². The summed E-state index contributed by atoms with van der Waals surface area (Å²) in [5.74, 6) is -0.440. The number of pyridine rings is 1. The van der Waals surface area contributed by atoms with Crippen LogP contribution in [0, 0.1) is 0 Å². The maximum absolute atomic E-state index is 12.9. The number of Topliss-reactive ketones (excluding diaryl/α,β-unsaturated/α-hetero) is 1. The van der Waals surface area contributed by atoms with Crippen molar-refractivity contribution in [3.8, 4) is 28.3 Å². The molecule has 1 aliphatic rings. The third-order valence-electron chi connectivity index (χ3n) is 7.30. The van der Waals surface area contributed by atoms with Gasteiger partial charge in [0.05, 0.1) is 41.6 Å². The topological polar surface area (TPSA) is 133 Å². The highest BCUT2D eigenvalue weighted by Crippen LogP contribution is 2.41. The zero-order valence-corrected chi connectivity index (χ0v) is 26.2. The molecule has 0 bridgehead atoms. The third kappa shape index (κ3) is 6.54. The number of amides is 2. The van der Waals surface area contributed by atoms with Gasteiger partial charge in [0.15, 0.2) is 11.9 Å². The lowest BCUT2D eigenvalue weighted by molar-refractivity contribution is -0.125. The maximum Gasteiger partial charge on any atom is 0.410 e. The van der Waals surface area contributed by atoms with E-state index in [-0.39, 0.29) is 35.3 Å². The summed E-state index contributed by atoms with van der Waals surface area (Å²) in [6, 6.07) is 15.4. The van der Waals surface area contributed by atoms with Gasteiger partial charge in [0.1, 0.15) is 5.56 Å². The number of aromatic nitrogens is 3. The number of hydrogen-bond acceptors (Lipinski definition) is 8. The largest absolute Gasteiger partial charge is 0.481 e. The molecule has 2 aromatic carbocycles. The van der Waals surface area contributed by atoms with E-state index < -0.39 is 23.7 Å². The first kappa shape index (κ1) is 31.7. The lowest BCUT2D eigenvalue weighted by Gasteiger charge is -2.17. The summed E-state index contributed by atoms with van der Waals surface area (Å²) < 4.78 is 11.9. The van der Waals surface area contributed by atoms with Gasteiger partial charge in [-0.2, -0.15) is 5.10 Å². The van der Waals surface area contributed by atoms with Gasteiger partial charge in [-0.15, -0.1) is 0 Å². The molecule has 1 N–H and O–H groups in total. The van der Waals surface area contributed by atoms with Crippen molar-refractivity contribution < 1.29 is 23.9 Å². The van der Waals surface area contributed by atoms with Crippen LogP contribution in [0.1, 0.15) is 35.7 Å². The van der Waals surface area contributed by atoms with Gasteiger partial charge >= 0.3 is 6.09 Å². The Hall–Kier alpha value is -4.74. The summed E-state index contributed by atoms with van der Waals surface area (Å²) in [5.41, 5.74) is 2.54. The zero-order valence-electron chi connectivity index (χ0n) is 24.7. The molecule has 1 atom stereocenters. The van der Waals surface area contributed by atoms with E-state index in [2.05, 4.69) is 15.4 Å². The SMILES string of the molecule is CCCC(=O)[C@@H]1CN(Cc2ccc(-c3cccc(-c4cccc(NC(=O)c5ccnn(C)c5=O)c4Cl)c3Cl)nc2OC)C(=O)O1. The molecular weight excluding hydrogens is 621 g/mol. The molecule has 1 saturated heterocycles. The van der Waals surface area contributed by atoms with Crippen LogP contribution in [-0.2, 0) is 23.1 Å². The Kier molecular flexibility index (Phi) is 9.50. The van der Waals surface area contributed by atoms with Crippen LogP contribution in [0.15, 0.2) is 65.6 Å². The van der Waals surface area contributed by atoms with E-state index in [1.165, 1.54) is 31.3 Å². The summed E-state index contributed by atoms with van der Waals surface area (Å²) in [4.78, 5) is 56.0. The second-order valence-corrected chi connectivity index (χ2v) is 11.1. The predicted octanol–water partition coefficient (Wildman–Crippen LogP) is 5.77. The van der Waals surface area contributed by atoms with Gasteiger partial charge < -0.3 is 14.8 Å². The van der Waals surface area contributed by atoms with Crippen LogP contribution >= 0.6 is 23.2 Å². The number of nitrogens with one attached hydrogen (secondary N) is 1. The highest BCUT2D eigenvalue weighted by Gasteiger charge is 2.35. The molecule has 13 heteroatoms. The Labute approximate surface area is 268 Å². The fourth-order valence-corrected chi connectivity index (χ4v) is 5.58. The number of nitrogens with zero attached hydrogens (tertiary/aromatic N) is 4. The minimum Gasteiger partial charge on any atom is -0.481 e. The molecule has 2 aromatic heterocycles. The molecule has 0 unspecified atom stereocenters. The third-order valence-corrected chi connectivity index (χ3v) is 8.11. The number of methoxy groups -OCH3 is 1. The van der Waals surface area contributed by atoms with E-state index in [1.54, 1.807) is 48.5 Å². The summed E-state index contributed by atoms with van der Waals surface area (Å²) in [6.07, 6.45) is 1.05. The summed E-state index contributed by atoms with van der Waals surface area (Å²) >= 11 is 13.7. The van der Waals surface area contributed by atoms with Crippen LogP contribution in [0.25, 0.3) is 22.4 Å². The van der Waals surface area contributed by atoms with Gasteiger partial charge in [0, 0.05) is 41.9 Å². The number of aryl methyl sites for hydroxylation is 1. The van der Waals surface area contributed by atoms with E-state index in [1.807, 2.05) is 6.92 Å². The first-order valence-corrected chi connectivity index (χ1v) is 14.8. The van der Waals surface area contributed by atoms with Crippen molar-refractivity contribution >= 4 is 46.7 Å². The van der Waals surface area contributed by atoms with Crippen molar-refractivity contribution in [2.24, 2.45) is 7.05 Å². The Morgan fingerprint density at radius 1 is 1.02 bits per heavy atom. The number of ether oxygens (including phenoxy) is 2. The Morgan fingerprint density at radius 3 is 2.47 bits per heavy atom. The molecule has 5 rings (SSSR count). The zero-order chi connectivity index (χ0) is 32.2. The smallest absolute Gasteiger partial charge is 0.410 e. The standard InChI is InChI=1S/C32H29Cl2N5O6/c1-4-7-25(40)26-17-39(32(43)45-26)16-18-12-13-23(37-30(18)44-3)21-10-5-8-19(27(21)33)20-9-6-11-24(28(20)34)36-29(41)22-14-15-35-38(2)31(22)42/h5-6,8-15,26H,4,7,16-17H2,1-3H3,(H,36,41)/t26-/m0/s1. The molecule has 2 amide bonds. The molecule has 3 heterocycles. The number of hydrogen-bond donors (Lipinski definition) is 1. The first-order valence-electron chi connectivity index (χ1n) is 14.1. The lowest BCUT2D eigenvalue weighted by Crippen LogP contribution is -2.28. The number of halogens is 2. The molecule has 45 heavy (non-hydrogen) atoms. The van der Waals surface area contributed by atoms with Gasteiger partial charge in [0.25, 0.3) is 11.5 Å². The van der Waals surface area contributed by atoms with Gasteiger partial charge in [-0.3, -0.25) is 19.3 Å². The van der Waals surface area contributed by atoms with Crippen molar-refractivity contribution in [3.05, 3.63) is 92.3 Å². The van der Waals surface area contributed by atoms with Crippen molar-refractivity contribution in [1.82, 2.24) is 19.7 Å². The number of cyclic esters (lactones) is 1. The molecule has 11 nitrogen and oxygen atoms in total. The van der Waals surface area contributed by atoms with E-state index in [0.29, 0.717) is 51.5 Å². The minimum absolute atomic E-state index is 0.0797. The molecule has 232 valence electrons. The van der Waals surface area contributed by atoms with Crippen molar-refractivity contribution in [2.75, 3.05) is 19.0 Å². The Bertz CT molecular complexity index is 1860. The van der Waals surface area contributed by atoms with Gasteiger partial charge in [-0.1, -0.05) is 60.5 Å². The van der Waals surface area contributed by atoms with Crippen LogP contribution in [0.4, 0.5) is 10.5 Å². The number of carbonyl (C=O) groups is 3. The fraction of sp³-hybridized carbons (Fsp3) is 0.250. The van der Waals surface area contributed by atoms with Crippen LogP contribution in [0.3, 0.4) is 0 Å². The van der Waals surface area contributed by atoms with E-state index in [4.69, 9.17) is 32.7 Å². The summed E-state index contributed by atoms with van der Waals surface area (Å²) in [7, 11) is 2.93. The highest BCUT2D eigenvalue weighted by atomic mass is 35.5. The monoisotopic (exact) mass is 649 g/mol. The van der Waals surface area contributed by atoms with Crippen LogP contribution in [-0.4, -0.2) is 57.2 Å². The second-order valence-electron chi connectivity index (χ2n) is 10.3. The van der Waals surface area contributed by atoms with E-state index in [0.717, 1.165) is 4.68 Å². The van der Waals surface area contributed by atoms with E-state index in [9.17, 15) is 19.2 Å². The number of carbonyl (C=O) groups excluding carboxylic acids is 3. The predicted molar refractivity (Wildman–Crippen MR) is 170 cm³/mol. The molecule has 4 aromatic rings. The number of rotatable bonds is 10. The van der Waals surface area contributed by atoms with Gasteiger partial charge in [0.2, 0.25) is 5.88 Å². The molecule has 0 saturated carbocycles. The van der Waals surface area contributed by atoms with Gasteiger partial charge in [-0.25, -0.2) is 14.5 Å². The van der Waals surface area contributed by atoms with Crippen molar-refractivity contribution in [1.29, 1.82) is 0 Å². The summed E-state index contributed by atoms with van der Waals surface area (Å²) in [5, 5.41) is 7.12. The normalized spacial score (nSPS) is 14.3. The number of benzene rings is 2. The molecule has 0 spiro atoms.